The topological polar surface area (TPSA) is 219 Å². The minimum absolute atomic E-state index is 0.0479. The van der Waals surface area contributed by atoms with Crippen LogP contribution in [-0.4, -0.2) is 99.3 Å². The van der Waals surface area contributed by atoms with Gasteiger partial charge in [0, 0.05) is 6.42 Å². The van der Waals surface area contributed by atoms with Gasteiger partial charge in [-0.25, -0.2) is 9.98 Å². The number of rotatable bonds is 10. The summed E-state index contributed by atoms with van der Waals surface area (Å²) < 4.78 is 5.76. The molecule has 0 aromatic rings. The van der Waals surface area contributed by atoms with Gasteiger partial charge in [0.1, 0.15) is 37.2 Å². The molecule has 33 heavy (non-hydrogen) atoms. The zero-order chi connectivity index (χ0) is 24.6. The molecule has 3 rings (SSSR count). The lowest BCUT2D eigenvalue weighted by Gasteiger charge is -2.32. The number of ketones is 3. The average Bonchev–Trinajstić information content (AvgIpc) is 3.35. The van der Waals surface area contributed by atoms with E-state index in [1.165, 1.54) is 4.90 Å². The molecule has 182 valence electrons. The number of hydrogen-bond donors (Lipinski definition) is 5. The Bertz CT molecular complexity index is 921. The number of Topliss-reactive ketones (excluding diaryl/α,β-unsaturated/α-hetero) is 3. The van der Waals surface area contributed by atoms with E-state index in [0.29, 0.717) is 25.8 Å². The number of unbranched alkanes of at least 4 members (excludes halogenated alkanes) is 1. The molecule has 3 aliphatic heterocycles. The van der Waals surface area contributed by atoms with E-state index < -0.39 is 53.1 Å². The summed E-state index contributed by atoms with van der Waals surface area (Å²) in [6, 6.07) is -0.879. The summed E-state index contributed by atoms with van der Waals surface area (Å²) >= 11 is 0. The summed E-state index contributed by atoms with van der Waals surface area (Å²) in [6.45, 7) is 2.72. The van der Waals surface area contributed by atoms with Crippen molar-refractivity contribution in [1.82, 2.24) is 4.90 Å². The molecular formula is C20H31N7O6. The zero-order valence-corrected chi connectivity index (χ0v) is 18.7. The van der Waals surface area contributed by atoms with Gasteiger partial charge in [-0.05, 0) is 33.2 Å². The highest BCUT2D eigenvalue weighted by Gasteiger charge is 2.58. The molecule has 0 aromatic heterocycles. The molecule has 3 heterocycles. The smallest absolute Gasteiger partial charge is 0.216 e. The number of carbonyl (C=O) groups is 3. The summed E-state index contributed by atoms with van der Waals surface area (Å²) in [5.74, 6) is -1.66. The van der Waals surface area contributed by atoms with Crippen molar-refractivity contribution in [3.8, 4) is 0 Å². The van der Waals surface area contributed by atoms with Crippen molar-refractivity contribution < 1.29 is 29.3 Å². The Kier molecular flexibility index (Phi) is 7.21. The lowest BCUT2D eigenvalue weighted by atomic mass is 9.86. The molecule has 8 N–H and O–H groups in total. The maximum Gasteiger partial charge on any atom is 0.216 e. The summed E-state index contributed by atoms with van der Waals surface area (Å²) in [5, 5.41) is 21.2. The molecular weight excluding hydrogens is 434 g/mol. The number of fused-ring (bicyclic) bond motifs is 1. The lowest BCUT2D eigenvalue weighted by Crippen LogP contribution is -2.62. The van der Waals surface area contributed by atoms with Gasteiger partial charge in [-0.3, -0.25) is 25.1 Å². The van der Waals surface area contributed by atoms with Gasteiger partial charge >= 0.3 is 0 Å². The van der Waals surface area contributed by atoms with E-state index in [-0.39, 0.29) is 24.6 Å². The number of ether oxygens (including phenoxy) is 1. The molecule has 1 fully saturated rings. The van der Waals surface area contributed by atoms with Crippen molar-refractivity contribution in [3.05, 3.63) is 0 Å². The van der Waals surface area contributed by atoms with Gasteiger partial charge in [0.05, 0.1) is 6.04 Å². The van der Waals surface area contributed by atoms with Crippen LogP contribution in [0.3, 0.4) is 0 Å². The molecule has 0 spiro atoms. The van der Waals surface area contributed by atoms with Crippen molar-refractivity contribution in [1.29, 1.82) is 0 Å². The fraction of sp³-hybridized carbons (Fsp3) is 0.700. The van der Waals surface area contributed by atoms with E-state index >= 15 is 0 Å². The standard InChI is InChI=1S/C20H31N7O6/c1-10(28)14(30)17-19(32,11(2)29)7-13(33-17)27-9-25-15-18(27)24-8-26-20(15,23)16(31)12(22)5-3-4-6-21/h8,12-14,17,30,32H,3-7,9,21-23H2,1-2H3/t12-,13+,14?,17+,19+,20?/m0/s1. The molecule has 0 saturated carbocycles. The minimum atomic E-state index is -2.09. The molecule has 6 atom stereocenters. The van der Waals surface area contributed by atoms with E-state index in [2.05, 4.69) is 15.0 Å². The SMILES string of the molecule is CC(=O)C(O)[C@H]1O[C@@H](N2CN=C3C2=NC=NC3(N)C(=O)[C@@H](N)CCCCN)C[C@@]1(O)C(C)=O. The van der Waals surface area contributed by atoms with E-state index in [4.69, 9.17) is 21.9 Å². The number of aliphatic imine (C=N–C) groups is 3. The first-order chi connectivity index (χ1) is 15.5. The quantitative estimate of drug-likeness (QED) is 0.209. The second-order valence-corrected chi connectivity index (χ2v) is 8.59. The monoisotopic (exact) mass is 465 g/mol. The number of hydrogen-bond acceptors (Lipinski definition) is 13. The first-order valence-corrected chi connectivity index (χ1v) is 10.8. The Balaban J connectivity index is 1.81. The maximum absolute atomic E-state index is 13.1. The van der Waals surface area contributed by atoms with Crippen LogP contribution in [0.15, 0.2) is 15.0 Å². The highest BCUT2D eigenvalue weighted by molar-refractivity contribution is 6.51. The summed E-state index contributed by atoms with van der Waals surface area (Å²) in [4.78, 5) is 51.0. The predicted molar refractivity (Wildman–Crippen MR) is 118 cm³/mol. The molecule has 0 amide bonds. The van der Waals surface area contributed by atoms with E-state index in [1.807, 2.05) is 0 Å². The van der Waals surface area contributed by atoms with Gasteiger partial charge in [-0.2, -0.15) is 0 Å². The third kappa shape index (κ3) is 4.39. The number of amidine groups is 1. The normalized spacial score (nSPS) is 32.8. The van der Waals surface area contributed by atoms with Crippen LogP contribution in [0.4, 0.5) is 0 Å². The van der Waals surface area contributed by atoms with Gasteiger partial charge in [-0.15, -0.1) is 0 Å². The van der Waals surface area contributed by atoms with Crippen molar-refractivity contribution in [2.45, 2.75) is 75.3 Å². The van der Waals surface area contributed by atoms with Crippen LogP contribution in [0.2, 0.25) is 0 Å². The van der Waals surface area contributed by atoms with Crippen molar-refractivity contribution in [3.63, 3.8) is 0 Å². The van der Waals surface area contributed by atoms with Crippen LogP contribution in [0, 0.1) is 0 Å². The number of aliphatic hydroxyl groups is 2. The molecule has 0 aliphatic carbocycles. The van der Waals surface area contributed by atoms with Crippen LogP contribution in [0.25, 0.3) is 0 Å². The van der Waals surface area contributed by atoms with Crippen molar-refractivity contribution in [2.24, 2.45) is 32.2 Å². The van der Waals surface area contributed by atoms with Gasteiger partial charge in [0.2, 0.25) is 5.66 Å². The number of carbonyl (C=O) groups excluding carboxylic acids is 3. The van der Waals surface area contributed by atoms with Gasteiger partial charge in [0.15, 0.2) is 28.8 Å². The third-order valence-electron chi connectivity index (χ3n) is 6.27. The second kappa shape index (κ2) is 9.44. The molecule has 13 heteroatoms. The zero-order valence-electron chi connectivity index (χ0n) is 18.7. The second-order valence-electron chi connectivity index (χ2n) is 8.59. The molecule has 3 aliphatic rings. The molecule has 0 radical (unpaired) electrons. The van der Waals surface area contributed by atoms with E-state index in [1.54, 1.807) is 0 Å². The first-order valence-electron chi connectivity index (χ1n) is 10.8. The molecule has 2 unspecified atom stereocenters. The summed E-state index contributed by atoms with van der Waals surface area (Å²) in [7, 11) is 0. The predicted octanol–water partition coefficient (Wildman–Crippen LogP) is -2.79. The molecule has 13 nitrogen and oxygen atoms in total. The minimum Gasteiger partial charge on any atom is -0.382 e. The highest BCUT2D eigenvalue weighted by atomic mass is 16.6. The van der Waals surface area contributed by atoms with Crippen LogP contribution in [0.5, 0.6) is 0 Å². The Morgan fingerprint density at radius 3 is 2.64 bits per heavy atom. The van der Waals surface area contributed by atoms with Crippen LogP contribution >= 0.6 is 0 Å². The Hall–Kier alpha value is -2.42. The van der Waals surface area contributed by atoms with Crippen LogP contribution in [0.1, 0.15) is 39.5 Å². The van der Waals surface area contributed by atoms with E-state index in [0.717, 1.165) is 20.2 Å². The molecule has 1 saturated heterocycles. The molecule has 0 bridgehead atoms. The number of nitrogens with zero attached hydrogens (tertiary/aromatic N) is 4. The largest absolute Gasteiger partial charge is 0.382 e. The number of aliphatic hydroxyl groups excluding tert-OH is 1. The third-order valence-corrected chi connectivity index (χ3v) is 6.27. The van der Waals surface area contributed by atoms with Gasteiger partial charge in [-0.1, -0.05) is 6.42 Å². The fourth-order valence-electron chi connectivity index (χ4n) is 4.20. The van der Waals surface area contributed by atoms with Gasteiger partial charge < -0.3 is 31.3 Å². The number of nitrogens with two attached hydrogens (primary N) is 3. The van der Waals surface area contributed by atoms with E-state index in [9.17, 15) is 24.6 Å². The lowest BCUT2D eigenvalue weighted by molar-refractivity contribution is -0.158. The van der Waals surface area contributed by atoms with Crippen molar-refractivity contribution in [2.75, 3.05) is 13.2 Å². The summed E-state index contributed by atoms with van der Waals surface area (Å²) in [6.07, 6.45) is -1.51. The van der Waals surface area contributed by atoms with Gasteiger partial charge in [0.25, 0.3) is 0 Å². The Morgan fingerprint density at radius 2 is 2.03 bits per heavy atom. The fourth-order valence-corrected chi connectivity index (χ4v) is 4.20. The Labute approximate surface area is 190 Å². The highest BCUT2D eigenvalue weighted by Crippen LogP contribution is 2.37. The first kappa shape index (κ1) is 25.2. The van der Waals surface area contributed by atoms with Crippen molar-refractivity contribution >= 4 is 35.2 Å². The Morgan fingerprint density at radius 1 is 1.33 bits per heavy atom. The van der Waals surface area contributed by atoms with Crippen LogP contribution in [-0.2, 0) is 19.1 Å². The average molecular weight is 466 g/mol. The summed E-state index contributed by atoms with van der Waals surface area (Å²) in [5.41, 5.74) is 14.0. The maximum atomic E-state index is 13.1. The molecule has 0 aromatic carbocycles. The van der Waals surface area contributed by atoms with Crippen LogP contribution < -0.4 is 17.2 Å².